The van der Waals surface area contributed by atoms with Crippen molar-refractivity contribution >= 4 is 17.0 Å². The van der Waals surface area contributed by atoms with Gasteiger partial charge < -0.3 is 25.8 Å². The standard InChI is InChI=1S/C10H13N5O4.CH4/c11-8-5-9(13-2-12-8)15(3-14-5)10-7(18)6(17)4(1-16)19-10;/h2-4,6-7,10,16-18H,1H2,(H2,11,12,13);1H4/t4-,6?,7+,10-;/m1./s1. The molecule has 0 aliphatic carbocycles. The highest BCUT2D eigenvalue weighted by atomic mass is 16.6. The molecule has 2 aromatic rings. The van der Waals surface area contributed by atoms with Crippen molar-refractivity contribution in [3.8, 4) is 0 Å². The SMILES string of the molecule is C.Nc1ncnc2c1ncn2[C@@H]1O[C@H](CO)C(O)[C@@H]1O. The maximum absolute atomic E-state index is 9.95. The van der Waals surface area contributed by atoms with Gasteiger partial charge in [-0.15, -0.1) is 0 Å². The highest BCUT2D eigenvalue weighted by Crippen LogP contribution is 2.31. The Hall–Kier alpha value is -1.81. The largest absolute Gasteiger partial charge is 0.394 e. The molecule has 0 radical (unpaired) electrons. The van der Waals surface area contributed by atoms with Gasteiger partial charge in [0.25, 0.3) is 0 Å². The molecule has 1 saturated heterocycles. The third kappa shape index (κ3) is 2.00. The Morgan fingerprint density at radius 1 is 1.25 bits per heavy atom. The molecule has 4 atom stereocenters. The fourth-order valence-corrected chi connectivity index (χ4v) is 2.17. The molecule has 2 aromatic heterocycles. The van der Waals surface area contributed by atoms with E-state index in [2.05, 4.69) is 15.0 Å². The number of aliphatic hydroxyl groups excluding tert-OH is 3. The summed E-state index contributed by atoms with van der Waals surface area (Å²) in [5.41, 5.74) is 6.44. The Morgan fingerprint density at radius 2 is 2.00 bits per heavy atom. The lowest BCUT2D eigenvalue weighted by molar-refractivity contribution is -0.0511. The van der Waals surface area contributed by atoms with E-state index < -0.39 is 31.1 Å². The predicted molar refractivity (Wildman–Crippen MR) is 69.5 cm³/mol. The number of ether oxygens (including phenoxy) is 1. The molecule has 0 aromatic carbocycles. The third-order valence-electron chi connectivity index (χ3n) is 3.18. The van der Waals surface area contributed by atoms with E-state index in [-0.39, 0.29) is 13.2 Å². The summed E-state index contributed by atoms with van der Waals surface area (Å²) in [4.78, 5) is 11.9. The van der Waals surface area contributed by atoms with Crippen LogP contribution in [0.5, 0.6) is 0 Å². The number of imidazole rings is 1. The van der Waals surface area contributed by atoms with E-state index in [9.17, 15) is 10.2 Å². The Labute approximate surface area is 114 Å². The summed E-state index contributed by atoms with van der Waals surface area (Å²) >= 11 is 0. The third-order valence-corrected chi connectivity index (χ3v) is 3.18. The number of anilines is 1. The molecule has 5 N–H and O–H groups in total. The van der Waals surface area contributed by atoms with Gasteiger partial charge >= 0.3 is 0 Å². The second-order valence-corrected chi connectivity index (χ2v) is 4.31. The highest BCUT2D eigenvalue weighted by Gasteiger charge is 2.43. The van der Waals surface area contributed by atoms with Crippen molar-refractivity contribution in [2.45, 2.75) is 32.0 Å². The summed E-state index contributed by atoms with van der Waals surface area (Å²) in [6.07, 6.45) is -1.42. The lowest BCUT2D eigenvalue weighted by atomic mass is 10.1. The number of rotatable bonds is 2. The molecule has 0 bridgehead atoms. The molecule has 9 nitrogen and oxygen atoms in total. The van der Waals surface area contributed by atoms with E-state index in [0.29, 0.717) is 11.2 Å². The number of hydrogen-bond acceptors (Lipinski definition) is 8. The van der Waals surface area contributed by atoms with Gasteiger partial charge in [-0.3, -0.25) is 4.57 Å². The van der Waals surface area contributed by atoms with Crippen molar-refractivity contribution in [1.82, 2.24) is 19.5 Å². The molecule has 0 amide bonds. The van der Waals surface area contributed by atoms with E-state index in [1.807, 2.05) is 0 Å². The van der Waals surface area contributed by atoms with Crippen LogP contribution in [-0.4, -0.2) is 59.8 Å². The number of nitrogens with two attached hydrogens (primary N) is 1. The Balaban J connectivity index is 0.00000147. The number of nitrogens with zero attached hydrogens (tertiary/aromatic N) is 4. The minimum Gasteiger partial charge on any atom is -0.394 e. The zero-order valence-electron chi connectivity index (χ0n) is 9.79. The molecule has 20 heavy (non-hydrogen) atoms. The van der Waals surface area contributed by atoms with E-state index in [4.69, 9.17) is 15.6 Å². The first kappa shape index (κ1) is 14.6. The van der Waals surface area contributed by atoms with Gasteiger partial charge in [-0.05, 0) is 0 Å². The van der Waals surface area contributed by atoms with Gasteiger partial charge in [0, 0.05) is 0 Å². The second kappa shape index (κ2) is 5.29. The highest BCUT2D eigenvalue weighted by molar-refractivity contribution is 5.81. The molecular weight excluding hydrogens is 266 g/mol. The number of hydrogen-bond donors (Lipinski definition) is 4. The minimum atomic E-state index is -1.19. The first-order valence-electron chi connectivity index (χ1n) is 5.69. The van der Waals surface area contributed by atoms with Gasteiger partial charge in [0.1, 0.15) is 30.2 Å². The zero-order valence-corrected chi connectivity index (χ0v) is 9.79. The van der Waals surface area contributed by atoms with Gasteiger partial charge in [-0.25, -0.2) is 15.0 Å². The molecule has 0 spiro atoms. The fourth-order valence-electron chi connectivity index (χ4n) is 2.17. The van der Waals surface area contributed by atoms with Gasteiger partial charge in [0.05, 0.1) is 12.9 Å². The lowest BCUT2D eigenvalue weighted by Gasteiger charge is -2.16. The number of aromatic nitrogens is 4. The van der Waals surface area contributed by atoms with E-state index >= 15 is 0 Å². The van der Waals surface area contributed by atoms with Crippen molar-refractivity contribution in [3.05, 3.63) is 12.7 Å². The smallest absolute Gasteiger partial charge is 0.167 e. The predicted octanol–water partition coefficient (Wildman–Crippen LogP) is -1.34. The van der Waals surface area contributed by atoms with Crippen LogP contribution in [0.1, 0.15) is 13.7 Å². The topological polar surface area (TPSA) is 140 Å². The first-order valence-corrected chi connectivity index (χ1v) is 5.69. The molecule has 1 aliphatic rings. The second-order valence-electron chi connectivity index (χ2n) is 4.31. The van der Waals surface area contributed by atoms with Gasteiger partial charge in [0.2, 0.25) is 0 Å². The van der Waals surface area contributed by atoms with Crippen LogP contribution >= 0.6 is 0 Å². The summed E-state index contributed by atoms with van der Waals surface area (Å²) in [7, 11) is 0. The fraction of sp³-hybridized carbons (Fsp3) is 0.545. The average molecular weight is 283 g/mol. The molecule has 9 heteroatoms. The van der Waals surface area contributed by atoms with Crippen LogP contribution in [0.3, 0.4) is 0 Å². The zero-order chi connectivity index (χ0) is 13.6. The monoisotopic (exact) mass is 283 g/mol. The van der Waals surface area contributed by atoms with Crippen LogP contribution in [0, 0.1) is 0 Å². The summed E-state index contributed by atoms with van der Waals surface area (Å²) in [6.45, 7) is -0.390. The maximum atomic E-state index is 9.95. The molecule has 110 valence electrons. The Kier molecular flexibility index (Phi) is 3.86. The van der Waals surface area contributed by atoms with Crippen molar-refractivity contribution in [2.24, 2.45) is 0 Å². The van der Waals surface area contributed by atoms with Crippen molar-refractivity contribution in [1.29, 1.82) is 0 Å². The van der Waals surface area contributed by atoms with E-state index in [0.717, 1.165) is 0 Å². The maximum Gasteiger partial charge on any atom is 0.167 e. The number of aliphatic hydroxyl groups is 3. The summed E-state index contributed by atoms with van der Waals surface area (Å²) < 4.78 is 6.85. The quantitative estimate of drug-likeness (QED) is 0.530. The molecule has 3 rings (SSSR count). The molecule has 1 unspecified atom stereocenters. The van der Waals surface area contributed by atoms with Crippen LogP contribution in [0.4, 0.5) is 5.82 Å². The molecule has 3 heterocycles. The Bertz CT molecular complexity index is 604. The Morgan fingerprint density at radius 3 is 2.65 bits per heavy atom. The summed E-state index contributed by atoms with van der Waals surface area (Å²) in [5, 5.41) is 28.7. The van der Waals surface area contributed by atoms with Crippen molar-refractivity contribution in [3.63, 3.8) is 0 Å². The van der Waals surface area contributed by atoms with Crippen LogP contribution in [-0.2, 0) is 4.74 Å². The molecule has 1 fully saturated rings. The molecule has 0 saturated carbocycles. The molecular formula is C11H17N5O4. The van der Waals surface area contributed by atoms with E-state index in [1.165, 1.54) is 17.2 Å². The molecule has 1 aliphatic heterocycles. The van der Waals surface area contributed by atoms with Crippen LogP contribution in [0.25, 0.3) is 11.2 Å². The number of nitrogen functional groups attached to an aromatic ring is 1. The van der Waals surface area contributed by atoms with Crippen molar-refractivity contribution in [2.75, 3.05) is 12.3 Å². The van der Waals surface area contributed by atoms with Gasteiger partial charge in [0.15, 0.2) is 17.7 Å². The summed E-state index contributed by atoms with van der Waals surface area (Å²) in [6, 6.07) is 0. The first-order chi connectivity index (χ1) is 9.13. The van der Waals surface area contributed by atoms with Gasteiger partial charge in [-0.1, -0.05) is 7.43 Å². The normalized spacial score (nSPS) is 29.6. The number of fused-ring (bicyclic) bond motifs is 1. The van der Waals surface area contributed by atoms with Crippen molar-refractivity contribution < 1.29 is 20.1 Å². The minimum absolute atomic E-state index is 0. The average Bonchev–Trinajstić information content (AvgIpc) is 2.94. The van der Waals surface area contributed by atoms with Crippen LogP contribution < -0.4 is 5.73 Å². The van der Waals surface area contributed by atoms with Crippen LogP contribution in [0.15, 0.2) is 12.7 Å². The summed E-state index contributed by atoms with van der Waals surface area (Å²) in [5.74, 6) is 0.218. The van der Waals surface area contributed by atoms with Crippen LogP contribution in [0.2, 0.25) is 0 Å². The van der Waals surface area contributed by atoms with Gasteiger partial charge in [-0.2, -0.15) is 0 Å². The lowest BCUT2D eigenvalue weighted by Crippen LogP contribution is -2.33. The van der Waals surface area contributed by atoms with E-state index in [1.54, 1.807) is 0 Å².